The van der Waals surface area contributed by atoms with E-state index in [1.165, 1.54) is 0 Å². The quantitative estimate of drug-likeness (QED) is 0.783. The van der Waals surface area contributed by atoms with Crippen molar-refractivity contribution < 1.29 is 9.53 Å². The highest BCUT2D eigenvalue weighted by molar-refractivity contribution is 5.84. The average molecular weight is 256 g/mol. The maximum absolute atomic E-state index is 12.9. The Morgan fingerprint density at radius 1 is 1.39 bits per heavy atom. The number of hydrogen-bond acceptors (Lipinski definition) is 3. The Labute approximate surface area is 111 Å². The highest BCUT2D eigenvalue weighted by atomic mass is 16.5. The van der Waals surface area contributed by atoms with Crippen LogP contribution in [0.1, 0.15) is 34.1 Å². The molecule has 18 heavy (non-hydrogen) atoms. The zero-order valence-electron chi connectivity index (χ0n) is 12.5. The van der Waals surface area contributed by atoms with Crippen LogP contribution < -0.4 is 5.32 Å². The summed E-state index contributed by atoms with van der Waals surface area (Å²) in [5, 5.41) is 3.35. The van der Waals surface area contributed by atoms with Crippen molar-refractivity contribution in [3.05, 3.63) is 0 Å². The first kappa shape index (κ1) is 15.4. The molecular formula is C14H28N2O2. The normalized spacial score (nSPS) is 23.9. The first-order valence-corrected chi connectivity index (χ1v) is 6.96. The van der Waals surface area contributed by atoms with Crippen molar-refractivity contribution in [3.8, 4) is 0 Å². The lowest BCUT2D eigenvalue weighted by molar-refractivity contribution is -0.146. The Morgan fingerprint density at radius 2 is 2.06 bits per heavy atom. The Balaban J connectivity index is 2.85. The molecule has 4 nitrogen and oxygen atoms in total. The highest BCUT2D eigenvalue weighted by Crippen LogP contribution is 2.36. The van der Waals surface area contributed by atoms with E-state index in [2.05, 4.69) is 33.0 Å². The zero-order valence-corrected chi connectivity index (χ0v) is 12.5. The summed E-state index contributed by atoms with van der Waals surface area (Å²) in [7, 11) is 1.68. The smallest absolute Gasteiger partial charge is 0.230 e. The number of nitrogens with one attached hydrogen (secondary N) is 1. The van der Waals surface area contributed by atoms with Crippen molar-refractivity contribution in [2.75, 3.05) is 33.4 Å². The molecule has 1 rings (SSSR count). The van der Waals surface area contributed by atoms with Gasteiger partial charge in [0.15, 0.2) is 0 Å². The molecule has 0 saturated carbocycles. The van der Waals surface area contributed by atoms with Gasteiger partial charge in [0.25, 0.3) is 0 Å². The van der Waals surface area contributed by atoms with Gasteiger partial charge >= 0.3 is 0 Å². The summed E-state index contributed by atoms with van der Waals surface area (Å²) in [4.78, 5) is 14.9. The van der Waals surface area contributed by atoms with Gasteiger partial charge in [-0.2, -0.15) is 0 Å². The minimum atomic E-state index is -0.224. The number of hydrogen-bond donors (Lipinski definition) is 1. The molecule has 1 aliphatic rings. The van der Waals surface area contributed by atoms with Crippen LogP contribution >= 0.6 is 0 Å². The lowest BCUT2D eigenvalue weighted by atomic mass is 9.75. The molecule has 1 fully saturated rings. The van der Waals surface area contributed by atoms with Crippen LogP contribution in [0.15, 0.2) is 0 Å². The molecule has 0 aliphatic carbocycles. The second kappa shape index (κ2) is 6.53. The van der Waals surface area contributed by atoms with E-state index in [1.807, 2.05) is 4.90 Å². The van der Waals surface area contributed by atoms with E-state index in [1.54, 1.807) is 7.11 Å². The van der Waals surface area contributed by atoms with Gasteiger partial charge in [-0.3, -0.25) is 4.79 Å². The van der Waals surface area contributed by atoms with Gasteiger partial charge in [-0.15, -0.1) is 0 Å². The maximum atomic E-state index is 12.9. The number of methoxy groups -OCH3 is 1. The van der Waals surface area contributed by atoms with Crippen LogP contribution in [0.4, 0.5) is 0 Å². The molecule has 1 amide bonds. The second-order valence-electron chi connectivity index (χ2n) is 5.82. The minimum absolute atomic E-state index is 0.224. The Hall–Kier alpha value is -0.610. The summed E-state index contributed by atoms with van der Waals surface area (Å²) in [5.74, 6) is 0.651. The molecule has 1 aliphatic heterocycles. The fourth-order valence-corrected chi connectivity index (χ4v) is 2.70. The van der Waals surface area contributed by atoms with Crippen LogP contribution in [-0.2, 0) is 9.53 Å². The van der Waals surface area contributed by atoms with E-state index < -0.39 is 0 Å². The van der Waals surface area contributed by atoms with E-state index in [0.29, 0.717) is 19.1 Å². The largest absolute Gasteiger partial charge is 0.383 e. The van der Waals surface area contributed by atoms with Crippen LogP contribution in [-0.4, -0.2) is 50.2 Å². The van der Waals surface area contributed by atoms with Crippen LogP contribution in [0, 0.1) is 11.3 Å². The van der Waals surface area contributed by atoms with Gasteiger partial charge in [0.05, 0.1) is 12.0 Å². The third-order valence-electron chi connectivity index (χ3n) is 4.14. The third-order valence-corrected chi connectivity index (χ3v) is 4.14. The van der Waals surface area contributed by atoms with Gasteiger partial charge in [0.1, 0.15) is 0 Å². The van der Waals surface area contributed by atoms with E-state index >= 15 is 0 Å². The number of carbonyl (C=O) groups excluding carboxylic acids is 1. The monoisotopic (exact) mass is 256 g/mol. The molecular weight excluding hydrogens is 228 g/mol. The average Bonchev–Trinajstić information content (AvgIpc) is 2.79. The molecule has 0 aromatic carbocycles. The van der Waals surface area contributed by atoms with Crippen molar-refractivity contribution in [2.45, 2.75) is 40.2 Å². The van der Waals surface area contributed by atoms with Gasteiger partial charge < -0.3 is 15.0 Å². The number of amides is 1. The van der Waals surface area contributed by atoms with Gasteiger partial charge in [0, 0.05) is 26.2 Å². The molecule has 1 unspecified atom stereocenters. The molecule has 0 aromatic rings. The summed E-state index contributed by atoms with van der Waals surface area (Å²) in [6.07, 6.45) is 0.944. The maximum Gasteiger partial charge on any atom is 0.230 e. The summed E-state index contributed by atoms with van der Waals surface area (Å²) in [6, 6.07) is 0.226. The van der Waals surface area contributed by atoms with Crippen LogP contribution in [0.25, 0.3) is 0 Å². The van der Waals surface area contributed by atoms with Gasteiger partial charge in [-0.25, -0.2) is 0 Å². The Bertz CT molecular complexity index is 271. The molecule has 0 radical (unpaired) electrons. The van der Waals surface area contributed by atoms with Gasteiger partial charge in [-0.1, -0.05) is 13.8 Å². The van der Waals surface area contributed by atoms with Crippen LogP contribution in [0.3, 0.4) is 0 Å². The van der Waals surface area contributed by atoms with Crippen molar-refractivity contribution in [1.82, 2.24) is 10.2 Å². The predicted molar refractivity (Wildman–Crippen MR) is 73.5 cm³/mol. The summed E-state index contributed by atoms with van der Waals surface area (Å²) >= 11 is 0. The number of nitrogens with zero attached hydrogens (tertiary/aromatic N) is 1. The lowest BCUT2D eigenvalue weighted by Gasteiger charge is -2.38. The Morgan fingerprint density at radius 3 is 2.44 bits per heavy atom. The van der Waals surface area contributed by atoms with E-state index in [0.717, 1.165) is 19.5 Å². The SMILES string of the molecule is COCCN(C(=O)C1(C(C)C)CCNC1)C(C)C. The first-order chi connectivity index (χ1) is 8.45. The zero-order chi connectivity index (χ0) is 13.8. The number of ether oxygens (including phenoxy) is 1. The second-order valence-corrected chi connectivity index (χ2v) is 5.82. The summed E-state index contributed by atoms with van der Waals surface area (Å²) in [6.45, 7) is 11.5. The van der Waals surface area contributed by atoms with Crippen molar-refractivity contribution >= 4 is 5.91 Å². The van der Waals surface area contributed by atoms with Crippen molar-refractivity contribution in [2.24, 2.45) is 11.3 Å². The highest BCUT2D eigenvalue weighted by Gasteiger charge is 2.46. The molecule has 0 bridgehead atoms. The molecule has 4 heteroatoms. The fourth-order valence-electron chi connectivity index (χ4n) is 2.70. The molecule has 1 saturated heterocycles. The molecule has 1 atom stereocenters. The molecule has 1 N–H and O–H groups in total. The van der Waals surface area contributed by atoms with Gasteiger partial charge in [0.2, 0.25) is 5.91 Å². The standard InChI is InChI=1S/C14H28N2O2/c1-11(2)14(6-7-15-10-14)13(17)16(12(3)4)8-9-18-5/h11-12,15H,6-10H2,1-5H3. The molecule has 0 spiro atoms. The first-order valence-electron chi connectivity index (χ1n) is 6.96. The van der Waals surface area contributed by atoms with Crippen molar-refractivity contribution in [1.29, 1.82) is 0 Å². The predicted octanol–water partition coefficient (Wildman–Crippen LogP) is 1.51. The van der Waals surface area contributed by atoms with Gasteiger partial charge in [-0.05, 0) is 32.7 Å². The molecule has 106 valence electrons. The summed E-state index contributed by atoms with van der Waals surface area (Å²) in [5.41, 5.74) is -0.224. The van der Waals surface area contributed by atoms with Crippen molar-refractivity contribution in [3.63, 3.8) is 0 Å². The van der Waals surface area contributed by atoms with Crippen LogP contribution in [0.2, 0.25) is 0 Å². The number of rotatable bonds is 6. The number of carbonyl (C=O) groups is 1. The van der Waals surface area contributed by atoms with E-state index in [-0.39, 0.29) is 17.4 Å². The fraction of sp³-hybridized carbons (Fsp3) is 0.929. The minimum Gasteiger partial charge on any atom is -0.383 e. The Kier molecular flexibility index (Phi) is 5.60. The van der Waals surface area contributed by atoms with E-state index in [4.69, 9.17) is 4.74 Å². The lowest BCUT2D eigenvalue weighted by Crippen LogP contribution is -2.51. The summed E-state index contributed by atoms with van der Waals surface area (Å²) < 4.78 is 5.12. The van der Waals surface area contributed by atoms with E-state index in [9.17, 15) is 4.79 Å². The molecule has 0 aromatic heterocycles. The third kappa shape index (κ3) is 3.04. The van der Waals surface area contributed by atoms with Crippen LogP contribution in [0.5, 0.6) is 0 Å². The topological polar surface area (TPSA) is 41.6 Å². The molecule has 1 heterocycles.